The van der Waals surface area contributed by atoms with Crippen LogP contribution in [0.3, 0.4) is 0 Å². The van der Waals surface area contributed by atoms with Crippen molar-refractivity contribution in [2.24, 2.45) is 0 Å². The van der Waals surface area contributed by atoms with E-state index in [0.717, 1.165) is 17.0 Å². The number of carbonyl (C=O) groups excluding carboxylic acids is 3. The van der Waals surface area contributed by atoms with Crippen LogP contribution in [0, 0.1) is 5.82 Å². The van der Waals surface area contributed by atoms with Crippen molar-refractivity contribution in [3.63, 3.8) is 0 Å². The molecule has 0 aliphatic carbocycles. The van der Waals surface area contributed by atoms with Crippen LogP contribution in [0.5, 0.6) is 0 Å². The monoisotopic (exact) mass is 273 g/mol. The zero-order valence-corrected chi connectivity index (χ0v) is 10.1. The Balaban J connectivity index is 1.95. The minimum absolute atomic E-state index is 0.0788. The van der Waals surface area contributed by atoms with Gasteiger partial charge in [-0.15, -0.1) is 0 Å². The SMILES string of the molecule is O=C(CN1C(=O)C(=O)c2ccc(F)cc21)c1ccco1. The number of ketones is 2. The summed E-state index contributed by atoms with van der Waals surface area (Å²) in [5.74, 6) is -2.55. The minimum atomic E-state index is -0.842. The van der Waals surface area contributed by atoms with Gasteiger partial charge < -0.3 is 4.42 Å². The number of anilines is 1. The maximum Gasteiger partial charge on any atom is 0.299 e. The van der Waals surface area contributed by atoms with Gasteiger partial charge in [-0.05, 0) is 30.3 Å². The fraction of sp³-hybridized carbons (Fsp3) is 0.0714. The average Bonchev–Trinajstić information content (AvgIpc) is 3.03. The van der Waals surface area contributed by atoms with Crippen molar-refractivity contribution in [3.8, 4) is 0 Å². The van der Waals surface area contributed by atoms with Crippen LogP contribution in [0.15, 0.2) is 41.0 Å². The lowest BCUT2D eigenvalue weighted by Crippen LogP contribution is -2.34. The Labute approximate surface area is 112 Å². The van der Waals surface area contributed by atoms with Crippen molar-refractivity contribution in [1.82, 2.24) is 0 Å². The van der Waals surface area contributed by atoms with Gasteiger partial charge in [-0.25, -0.2) is 4.39 Å². The Kier molecular flexibility index (Phi) is 2.71. The van der Waals surface area contributed by atoms with Gasteiger partial charge in [-0.3, -0.25) is 19.3 Å². The van der Waals surface area contributed by atoms with Crippen LogP contribution in [-0.2, 0) is 4.79 Å². The number of halogens is 1. The molecule has 0 saturated carbocycles. The molecule has 1 amide bonds. The highest BCUT2D eigenvalue weighted by atomic mass is 19.1. The van der Waals surface area contributed by atoms with Crippen molar-refractivity contribution in [2.45, 2.75) is 0 Å². The largest absolute Gasteiger partial charge is 0.461 e. The topological polar surface area (TPSA) is 67.6 Å². The second-order valence-corrected chi connectivity index (χ2v) is 4.28. The third-order valence-electron chi connectivity index (χ3n) is 3.03. The smallest absolute Gasteiger partial charge is 0.299 e. The number of carbonyl (C=O) groups is 3. The molecule has 0 spiro atoms. The van der Waals surface area contributed by atoms with Crippen molar-refractivity contribution in [2.75, 3.05) is 11.4 Å². The molecule has 100 valence electrons. The molecular formula is C14H8FNO4. The van der Waals surface area contributed by atoms with E-state index in [1.807, 2.05) is 0 Å². The van der Waals surface area contributed by atoms with E-state index in [1.54, 1.807) is 0 Å². The number of Topliss-reactive ketones (excluding diaryl/α,β-unsaturated/α-hetero) is 2. The van der Waals surface area contributed by atoms with Crippen molar-refractivity contribution >= 4 is 23.2 Å². The molecule has 0 saturated heterocycles. The predicted octanol–water partition coefficient (Wildman–Crippen LogP) is 1.83. The van der Waals surface area contributed by atoms with Gasteiger partial charge in [-0.1, -0.05) is 0 Å². The fourth-order valence-corrected chi connectivity index (χ4v) is 2.08. The summed E-state index contributed by atoms with van der Waals surface area (Å²) in [6, 6.07) is 6.40. The molecule has 0 N–H and O–H groups in total. The van der Waals surface area contributed by atoms with Gasteiger partial charge in [0.1, 0.15) is 5.82 Å². The number of nitrogens with zero attached hydrogens (tertiary/aromatic N) is 1. The third-order valence-corrected chi connectivity index (χ3v) is 3.03. The van der Waals surface area contributed by atoms with E-state index in [-0.39, 0.29) is 23.6 Å². The normalized spacial score (nSPS) is 13.8. The number of furan rings is 1. The van der Waals surface area contributed by atoms with Crippen molar-refractivity contribution in [3.05, 3.63) is 53.7 Å². The molecule has 1 aliphatic heterocycles. The molecule has 20 heavy (non-hydrogen) atoms. The van der Waals surface area contributed by atoms with E-state index in [4.69, 9.17) is 4.42 Å². The molecule has 0 bridgehead atoms. The zero-order chi connectivity index (χ0) is 14.3. The van der Waals surface area contributed by atoms with Crippen LogP contribution in [0.2, 0.25) is 0 Å². The zero-order valence-electron chi connectivity index (χ0n) is 10.1. The Bertz CT molecular complexity index is 721. The Morgan fingerprint density at radius 3 is 2.75 bits per heavy atom. The highest BCUT2D eigenvalue weighted by Crippen LogP contribution is 2.29. The van der Waals surface area contributed by atoms with Crippen LogP contribution in [0.25, 0.3) is 0 Å². The molecule has 0 fully saturated rings. The molecule has 0 radical (unpaired) electrons. The van der Waals surface area contributed by atoms with Crippen molar-refractivity contribution in [1.29, 1.82) is 0 Å². The minimum Gasteiger partial charge on any atom is -0.461 e. The van der Waals surface area contributed by atoms with Gasteiger partial charge in [0, 0.05) is 0 Å². The molecule has 3 rings (SSSR count). The standard InChI is InChI=1S/C14H8FNO4/c15-8-3-4-9-10(6-8)16(14(19)13(9)18)7-11(17)12-2-1-5-20-12/h1-6H,7H2. The maximum absolute atomic E-state index is 13.2. The van der Waals surface area contributed by atoms with E-state index in [0.29, 0.717) is 0 Å². The lowest BCUT2D eigenvalue weighted by atomic mass is 10.1. The van der Waals surface area contributed by atoms with E-state index in [2.05, 4.69) is 0 Å². The highest BCUT2D eigenvalue weighted by Gasteiger charge is 2.37. The lowest BCUT2D eigenvalue weighted by Gasteiger charge is -2.14. The second-order valence-electron chi connectivity index (χ2n) is 4.28. The molecule has 1 aromatic carbocycles. The Morgan fingerprint density at radius 1 is 1.25 bits per heavy atom. The van der Waals surface area contributed by atoms with Gasteiger partial charge in [0.05, 0.1) is 24.1 Å². The number of rotatable bonds is 3. The van der Waals surface area contributed by atoms with Gasteiger partial charge in [0.2, 0.25) is 5.78 Å². The number of benzene rings is 1. The second kappa shape index (κ2) is 4.41. The summed E-state index contributed by atoms with van der Waals surface area (Å²) in [7, 11) is 0. The molecule has 6 heteroatoms. The van der Waals surface area contributed by atoms with Crippen LogP contribution < -0.4 is 4.90 Å². The molecule has 0 unspecified atom stereocenters. The summed E-state index contributed by atoms with van der Waals surface area (Å²) in [5, 5.41) is 0. The highest BCUT2D eigenvalue weighted by molar-refractivity contribution is 6.52. The number of hydrogen-bond donors (Lipinski definition) is 0. The van der Waals surface area contributed by atoms with E-state index in [1.165, 1.54) is 24.5 Å². The van der Waals surface area contributed by atoms with Crippen LogP contribution in [-0.4, -0.2) is 24.0 Å². The first-order valence-electron chi connectivity index (χ1n) is 5.80. The Hall–Kier alpha value is -2.76. The lowest BCUT2D eigenvalue weighted by molar-refractivity contribution is -0.114. The first-order chi connectivity index (χ1) is 9.58. The van der Waals surface area contributed by atoms with E-state index < -0.39 is 23.3 Å². The predicted molar refractivity (Wildman–Crippen MR) is 66.1 cm³/mol. The van der Waals surface area contributed by atoms with Crippen LogP contribution >= 0.6 is 0 Å². The molecule has 5 nitrogen and oxygen atoms in total. The summed E-state index contributed by atoms with van der Waals surface area (Å²) in [6.45, 7) is -0.367. The van der Waals surface area contributed by atoms with Crippen molar-refractivity contribution < 1.29 is 23.2 Å². The average molecular weight is 273 g/mol. The summed E-state index contributed by atoms with van der Waals surface area (Å²) < 4.78 is 18.2. The number of amides is 1. The quantitative estimate of drug-likeness (QED) is 0.632. The Morgan fingerprint density at radius 2 is 2.05 bits per heavy atom. The molecule has 2 aromatic rings. The third kappa shape index (κ3) is 1.82. The first kappa shape index (κ1) is 12.3. The molecular weight excluding hydrogens is 265 g/mol. The summed E-state index contributed by atoms with van der Waals surface area (Å²) in [5.41, 5.74) is 0.212. The molecule has 1 aliphatic rings. The summed E-state index contributed by atoms with van der Waals surface area (Å²) in [4.78, 5) is 36.5. The van der Waals surface area contributed by atoms with Gasteiger partial charge in [-0.2, -0.15) is 0 Å². The van der Waals surface area contributed by atoms with E-state index >= 15 is 0 Å². The van der Waals surface area contributed by atoms with Gasteiger partial charge in [0.25, 0.3) is 11.7 Å². The summed E-state index contributed by atoms with van der Waals surface area (Å²) in [6.07, 6.45) is 1.33. The fourth-order valence-electron chi connectivity index (χ4n) is 2.08. The summed E-state index contributed by atoms with van der Waals surface area (Å²) >= 11 is 0. The van der Waals surface area contributed by atoms with Crippen LogP contribution in [0.1, 0.15) is 20.9 Å². The maximum atomic E-state index is 13.2. The molecule has 1 aromatic heterocycles. The van der Waals surface area contributed by atoms with Gasteiger partial charge in [0.15, 0.2) is 5.76 Å². The number of hydrogen-bond acceptors (Lipinski definition) is 4. The van der Waals surface area contributed by atoms with E-state index in [9.17, 15) is 18.8 Å². The first-order valence-corrected chi connectivity index (χ1v) is 5.80. The number of fused-ring (bicyclic) bond motifs is 1. The van der Waals surface area contributed by atoms with Crippen LogP contribution in [0.4, 0.5) is 10.1 Å². The van der Waals surface area contributed by atoms with Gasteiger partial charge >= 0.3 is 0 Å². The molecule has 2 heterocycles. The molecule has 0 atom stereocenters.